The first-order valence-corrected chi connectivity index (χ1v) is 6.61. The van der Waals surface area contributed by atoms with E-state index in [2.05, 4.69) is 33.9 Å². The number of rotatable bonds is 4. The van der Waals surface area contributed by atoms with Crippen LogP contribution in [0, 0.1) is 0 Å². The van der Waals surface area contributed by atoms with Gasteiger partial charge < -0.3 is 20.3 Å². The van der Waals surface area contributed by atoms with E-state index in [4.69, 9.17) is 10.5 Å². The molecular weight excluding hydrogens is 242 g/mol. The minimum absolute atomic E-state index is 0.150. The fourth-order valence-corrected chi connectivity index (χ4v) is 2.51. The third-order valence-electron chi connectivity index (χ3n) is 3.74. The normalized spacial score (nSPS) is 23.3. The van der Waals surface area contributed by atoms with Gasteiger partial charge in [-0.1, -0.05) is 0 Å². The highest BCUT2D eigenvalue weighted by Crippen LogP contribution is 2.24. The highest BCUT2D eigenvalue weighted by Gasteiger charge is 2.26. The smallest absolute Gasteiger partial charge is 0.236 e. The number of nitrogens with two attached hydrogens (primary N) is 1. The lowest BCUT2D eigenvalue weighted by Crippen LogP contribution is -2.50. The average molecular weight is 265 g/mol. The minimum Gasteiger partial charge on any atom is -0.480 e. The van der Waals surface area contributed by atoms with Gasteiger partial charge in [-0.15, -0.1) is 0 Å². The molecule has 19 heavy (non-hydrogen) atoms. The second-order valence-electron chi connectivity index (χ2n) is 5.19. The lowest BCUT2D eigenvalue weighted by Gasteiger charge is -2.38. The van der Waals surface area contributed by atoms with E-state index in [1.165, 1.54) is 0 Å². The monoisotopic (exact) mass is 265 g/mol. The summed E-state index contributed by atoms with van der Waals surface area (Å²) in [4.78, 5) is 13.2. The zero-order valence-corrected chi connectivity index (χ0v) is 11.9. The van der Waals surface area contributed by atoms with Gasteiger partial charge in [0, 0.05) is 38.1 Å². The maximum absolute atomic E-state index is 6.28. The summed E-state index contributed by atoms with van der Waals surface area (Å²) in [6.07, 6.45) is 4.14. The summed E-state index contributed by atoms with van der Waals surface area (Å²) in [5.41, 5.74) is 7.02. The van der Waals surface area contributed by atoms with Crippen molar-refractivity contribution in [3.63, 3.8) is 0 Å². The highest BCUT2D eigenvalue weighted by atomic mass is 16.5. The Morgan fingerprint density at radius 1 is 1.37 bits per heavy atom. The zero-order chi connectivity index (χ0) is 13.8. The molecule has 6 heteroatoms. The van der Waals surface area contributed by atoms with Gasteiger partial charge in [0.1, 0.15) is 5.69 Å². The second-order valence-corrected chi connectivity index (χ2v) is 5.19. The molecule has 1 aromatic heterocycles. The Bertz CT molecular complexity index is 414. The molecule has 0 saturated carbocycles. The molecule has 2 unspecified atom stereocenters. The van der Waals surface area contributed by atoms with Crippen molar-refractivity contribution in [2.24, 2.45) is 5.73 Å². The molecule has 1 aliphatic rings. The van der Waals surface area contributed by atoms with Crippen LogP contribution in [-0.4, -0.2) is 66.6 Å². The van der Waals surface area contributed by atoms with E-state index in [-0.39, 0.29) is 6.04 Å². The number of nitrogens with zero attached hydrogens (tertiary/aromatic N) is 4. The Kier molecular flexibility index (Phi) is 4.68. The van der Waals surface area contributed by atoms with Crippen LogP contribution in [0.1, 0.15) is 18.2 Å². The molecule has 0 aromatic carbocycles. The molecule has 0 radical (unpaired) electrons. The highest BCUT2D eigenvalue weighted by molar-refractivity contribution is 5.21. The first-order chi connectivity index (χ1) is 9.11. The van der Waals surface area contributed by atoms with Crippen LogP contribution in [0.3, 0.4) is 0 Å². The van der Waals surface area contributed by atoms with Crippen LogP contribution in [0.4, 0.5) is 0 Å². The molecule has 106 valence electrons. The molecular formula is C13H23N5O. The van der Waals surface area contributed by atoms with Crippen LogP contribution in [0.2, 0.25) is 0 Å². The topological polar surface area (TPSA) is 67.5 Å². The van der Waals surface area contributed by atoms with Crippen LogP contribution >= 0.6 is 0 Å². The number of hydrogen-bond acceptors (Lipinski definition) is 6. The molecule has 1 aromatic rings. The van der Waals surface area contributed by atoms with Gasteiger partial charge in [0.2, 0.25) is 5.88 Å². The van der Waals surface area contributed by atoms with Crippen LogP contribution in [0.25, 0.3) is 0 Å². The summed E-state index contributed by atoms with van der Waals surface area (Å²) >= 11 is 0. The van der Waals surface area contributed by atoms with Crippen molar-refractivity contribution in [3.05, 3.63) is 18.1 Å². The standard InChI is InChI=1S/C13H23N5O/c1-17-6-7-18(2)10(9-17)8-11(14)12-13(19-3)16-5-4-15-12/h4-5,10-11H,6-9,14H2,1-3H3. The number of aromatic nitrogens is 2. The third kappa shape index (κ3) is 3.40. The van der Waals surface area contributed by atoms with Crippen molar-refractivity contribution in [3.8, 4) is 5.88 Å². The molecule has 0 amide bonds. The molecule has 1 aliphatic heterocycles. The van der Waals surface area contributed by atoms with Crippen LogP contribution in [0.5, 0.6) is 5.88 Å². The molecule has 2 atom stereocenters. The van der Waals surface area contributed by atoms with E-state index in [1.54, 1.807) is 19.5 Å². The molecule has 6 nitrogen and oxygen atoms in total. The Hall–Kier alpha value is -1.24. The predicted octanol–water partition coefficient (Wildman–Crippen LogP) is 0.121. The lowest BCUT2D eigenvalue weighted by atomic mass is 10.0. The molecule has 1 fully saturated rings. The summed E-state index contributed by atoms with van der Waals surface area (Å²) in [5.74, 6) is 0.529. The summed E-state index contributed by atoms with van der Waals surface area (Å²) in [5, 5.41) is 0. The molecule has 2 N–H and O–H groups in total. The van der Waals surface area contributed by atoms with Crippen LogP contribution < -0.4 is 10.5 Å². The van der Waals surface area contributed by atoms with Gasteiger partial charge >= 0.3 is 0 Å². The molecule has 2 heterocycles. The minimum atomic E-state index is -0.150. The van der Waals surface area contributed by atoms with Crippen LogP contribution in [0.15, 0.2) is 12.4 Å². The summed E-state index contributed by atoms with van der Waals surface area (Å²) in [7, 11) is 5.90. The van der Waals surface area contributed by atoms with Gasteiger partial charge in [0.15, 0.2) is 0 Å². The van der Waals surface area contributed by atoms with Gasteiger partial charge in [0.25, 0.3) is 0 Å². The zero-order valence-electron chi connectivity index (χ0n) is 11.9. The molecule has 1 saturated heterocycles. The van der Waals surface area contributed by atoms with E-state index in [1.807, 2.05) is 0 Å². The molecule has 0 aliphatic carbocycles. The van der Waals surface area contributed by atoms with Crippen molar-refractivity contribution in [1.82, 2.24) is 19.8 Å². The number of hydrogen-bond donors (Lipinski definition) is 1. The summed E-state index contributed by atoms with van der Waals surface area (Å²) < 4.78 is 5.23. The third-order valence-corrected chi connectivity index (χ3v) is 3.74. The first kappa shape index (κ1) is 14.2. The van der Waals surface area contributed by atoms with Gasteiger partial charge in [-0.25, -0.2) is 4.98 Å². The Labute approximate surface area is 114 Å². The van der Waals surface area contributed by atoms with E-state index in [9.17, 15) is 0 Å². The van der Waals surface area contributed by atoms with Crippen molar-refractivity contribution < 1.29 is 4.74 Å². The predicted molar refractivity (Wildman–Crippen MR) is 74.0 cm³/mol. The van der Waals surface area contributed by atoms with Gasteiger partial charge in [-0.2, -0.15) is 0 Å². The van der Waals surface area contributed by atoms with E-state index in [0.29, 0.717) is 11.9 Å². The fourth-order valence-electron chi connectivity index (χ4n) is 2.51. The van der Waals surface area contributed by atoms with Gasteiger partial charge in [-0.05, 0) is 20.5 Å². The Morgan fingerprint density at radius 3 is 2.84 bits per heavy atom. The van der Waals surface area contributed by atoms with Gasteiger partial charge in [-0.3, -0.25) is 4.98 Å². The quantitative estimate of drug-likeness (QED) is 0.834. The summed E-state index contributed by atoms with van der Waals surface area (Å²) in [6, 6.07) is 0.295. The number of piperazine rings is 1. The van der Waals surface area contributed by atoms with Crippen LogP contribution in [-0.2, 0) is 0 Å². The summed E-state index contributed by atoms with van der Waals surface area (Å²) in [6.45, 7) is 3.22. The largest absolute Gasteiger partial charge is 0.480 e. The van der Waals surface area contributed by atoms with E-state index in [0.717, 1.165) is 31.7 Å². The van der Waals surface area contributed by atoms with E-state index >= 15 is 0 Å². The van der Waals surface area contributed by atoms with E-state index < -0.39 is 0 Å². The van der Waals surface area contributed by atoms with Crippen molar-refractivity contribution >= 4 is 0 Å². The first-order valence-electron chi connectivity index (χ1n) is 6.61. The second kappa shape index (κ2) is 6.27. The van der Waals surface area contributed by atoms with Crippen molar-refractivity contribution in [2.45, 2.75) is 18.5 Å². The maximum Gasteiger partial charge on any atom is 0.236 e. The maximum atomic E-state index is 6.28. The fraction of sp³-hybridized carbons (Fsp3) is 0.692. The molecule has 0 bridgehead atoms. The SMILES string of the molecule is COc1nccnc1C(N)CC1CN(C)CCN1C. The molecule has 2 rings (SSSR count). The Balaban J connectivity index is 2.05. The average Bonchev–Trinajstić information content (AvgIpc) is 2.42. The number of ether oxygens (including phenoxy) is 1. The number of methoxy groups -OCH3 is 1. The molecule has 0 spiro atoms. The van der Waals surface area contributed by atoms with Crippen molar-refractivity contribution in [1.29, 1.82) is 0 Å². The van der Waals surface area contributed by atoms with Crippen molar-refractivity contribution in [2.75, 3.05) is 40.8 Å². The number of likely N-dealkylation sites (N-methyl/N-ethyl adjacent to an activating group) is 2. The lowest BCUT2D eigenvalue weighted by molar-refractivity contribution is 0.103. The Morgan fingerprint density at radius 2 is 2.11 bits per heavy atom. The van der Waals surface area contributed by atoms with Gasteiger partial charge in [0.05, 0.1) is 13.2 Å².